The highest BCUT2D eigenvalue weighted by molar-refractivity contribution is 5.93. The molecule has 5 nitrogen and oxygen atoms in total. The van der Waals surface area contributed by atoms with E-state index >= 15 is 0 Å². The molecule has 5 heteroatoms. The van der Waals surface area contributed by atoms with Gasteiger partial charge in [-0.2, -0.15) is 0 Å². The Bertz CT molecular complexity index is 559. The van der Waals surface area contributed by atoms with Crippen molar-refractivity contribution < 1.29 is 9.59 Å². The summed E-state index contributed by atoms with van der Waals surface area (Å²) in [6.45, 7) is 1.45. The number of carbonyl (C=O) groups excluding carboxylic acids is 2. The maximum absolute atomic E-state index is 11.7. The number of aromatic nitrogens is 1. The minimum atomic E-state index is -0.122. The summed E-state index contributed by atoms with van der Waals surface area (Å²) in [5.74, 6) is -0.210. The van der Waals surface area contributed by atoms with Crippen LogP contribution in [0.3, 0.4) is 0 Å². The standard InChI is InChI=1S/C14H15N3O2/c1-10(18)16-11-4-6-12(7-5-11)17-14(19)9-13-3-2-8-15-13/h2-8,15H,9H2,1H3,(H,16,18)(H,17,19). The smallest absolute Gasteiger partial charge is 0.230 e. The first-order valence-electron chi connectivity index (χ1n) is 5.93. The number of anilines is 2. The number of amides is 2. The molecule has 2 amide bonds. The molecule has 0 spiro atoms. The summed E-state index contributed by atoms with van der Waals surface area (Å²) in [7, 11) is 0. The Morgan fingerprint density at radius 2 is 1.68 bits per heavy atom. The van der Waals surface area contributed by atoms with Crippen molar-refractivity contribution >= 4 is 23.2 Å². The van der Waals surface area contributed by atoms with Crippen LogP contribution in [0.25, 0.3) is 0 Å². The average Bonchev–Trinajstić information content (AvgIpc) is 2.83. The molecule has 2 aromatic rings. The zero-order valence-electron chi connectivity index (χ0n) is 10.6. The molecule has 2 rings (SSSR count). The first-order chi connectivity index (χ1) is 9.13. The summed E-state index contributed by atoms with van der Waals surface area (Å²) >= 11 is 0. The molecule has 1 aromatic heterocycles. The van der Waals surface area contributed by atoms with E-state index in [1.807, 2.05) is 12.1 Å². The van der Waals surface area contributed by atoms with Crippen LogP contribution in [0.2, 0.25) is 0 Å². The van der Waals surface area contributed by atoms with Gasteiger partial charge in [0.25, 0.3) is 0 Å². The molecule has 0 unspecified atom stereocenters. The van der Waals surface area contributed by atoms with Crippen molar-refractivity contribution in [3.05, 3.63) is 48.3 Å². The third kappa shape index (κ3) is 3.99. The van der Waals surface area contributed by atoms with Crippen LogP contribution in [0.15, 0.2) is 42.6 Å². The monoisotopic (exact) mass is 257 g/mol. The lowest BCUT2D eigenvalue weighted by molar-refractivity contribution is -0.116. The molecule has 3 N–H and O–H groups in total. The molecule has 0 aliphatic rings. The predicted octanol–water partition coefficient (Wildman–Crippen LogP) is 2.15. The van der Waals surface area contributed by atoms with Crippen LogP contribution in [0, 0.1) is 0 Å². The Hall–Kier alpha value is -2.56. The van der Waals surface area contributed by atoms with E-state index in [0.29, 0.717) is 17.8 Å². The summed E-state index contributed by atoms with van der Waals surface area (Å²) in [4.78, 5) is 25.6. The highest BCUT2D eigenvalue weighted by Crippen LogP contribution is 2.13. The molecule has 19 heavy (non-hydrogen) atoms. The largest absolute Gasteiger partial charge is 0.365 e. The third-order valence-corrected chi connectivity index (χ3v) is 2.50. The highest BCUT2D eigenvalue weighted by Gasteiger charge is 2.04. The topological polar surface area (TPSA) is 74.0 Å². The van der Waals surface area contributed by atoms with Gasteiger partial charge in [0.1, 0.15) is 0 Å². The second-order valence-corrected chi connectivity index (χ2v) is 4.18. The number of hydrogen-bond acceptors (Lipinski definition) is 2. The zero-order valence-corrected chi connectivity index (χ0v) is 10.6. The van der Waals surface area contributed by atoms with Crippen LogP contribution in [0.1, 0.15) is 12.6 Å². The Morgan fingerprint density at radius 3 is 2.21 bits per heavy atom. The van der Waals surface area contributed by atoms with Crippen LogP contribution in [0.5, 0.6) is 0 Å². The molecule has 0 saturated heterocycles. The van der Waals surface area contributed by atoms with Crippen LogP contribution in [-0.4, -0.2) is 16.8 Å². The van der Waals surface area contributed by atoms with Crippen LogP contribution < -0.4 is 10.6 Å². The Balaban J connectivity index is 1.92. The van der Waals surface area contributed by atoms with E-state index in [1.165, 1.54) is 6.92 Å². The molecule has 0 atom stereocenters. The lowest BCUT2D eigenvalue weighted by Gasteiger charge is -2.06. The molecular weight excluding hydrogens is 242 g/mol. The summed E-state index contributed by atoms with van der Waals surface area (Å²) in [6.07, 6.45) is 2.09. The van der Waals surface area contributed by atoms with Crippen molar-refractivity contribution in [1.29, 1.82) is 0 Å². The number of rotatable bonds is 4. The maximum Gasteiger partial charge on any atom is 0.230 e. The van der Waals surface area contributed by atoms with Gasteiger partial charge in [-0.25, -0.2) is 0 Å². The molecular formula is C14H15N3O2. The van der Waals surface area contributed by atoms with E-state index in [2.05, 4.69) is 15.6 Å². The maximum atomic E-state index is 11.7. The van der Waals surface area contributed by atoms with Gasteiger partial charge in [-0.1, -0.05) is 0 Å². The molecule has 0 aliphatic heterocycles. The first-order valence-corrected chi connectivity index (χ1v) is 5.93. The van der Waals surface area contributed by atoms with Crippen molar-refractivity contribution in [3.8, 4) is 0 Å². The summed E-state index contributed by atoms with van der Waals surface area (Å²) < 4.78 is 0. The summed E-state index contributed by atoms with van der Waals surface area (Å²) in [6, 6.07) is 10.7. The van der Waals surface area contributed by atoms with E-state index in [1.54, 1.807) is 30.5 Å². The van der Waals surface area contributed by atoms with Gasteiger partial charge >= 0.3 is 0 Å². The zero-order chi connectivity index (χ0) is 13.7. The fourth-order valence-electron chi connectivity index (χ4n) is 1.70. The molecule has 1 heterocycles. The van der Waals surface area contributed by atoms with Gasteiger partial charge < -0.3 is 15.6 Å². The van der Waals surface area contributed by atoms with Gasteiger partial charge in [0.2, 0.25) is 11.8 Å². The molecule has 1 aromatic carbocycles. The van der Waals surface area contributed by atoms with Gasteiger partial charge in [-0.3, -0.25) is 9.59 Å². The van der Waals surface area contributed by atoms with Gasteiger partial charge in [-0.05, 0) is 36.4 Å². The average molecular weight is 257 g/mol. The van der Waals surface area contributed by atoms with Crippen LogP contribution in [0.4, 0.5) is 11.4 Å². The molecule has 0 fully saturated rings. The van der Waals surface area contributed by atoms with Crippen molar-refractivity contribution in [2.24, 2.45) is 0 Å². The quantitative estimate of drug-likeness (QED) is 0.785. The lowest BCUT2D eigenvalue weighted by Crippen LogP contribution is -2.14. The molecule has 0 radical (unpaired) electrons. The van der Waals surface area contributed by atoms with Gasteiger partial charge in [0.05, 0.1) is 6.42 Å². The van der Waals surface area contributed by atoms with Gasteiger partial charge in [-0.15, -0.1) is 0 Å². The second-order valence-electron chi connectivity index (χ2n) is 4.18. The summed E-state index contributed by atoms with van der Waals surface area (Å²) in [5, 5.41) is 5.45. The van der Waals surface area contributed by atoms with Crippen molar-refractivity contribution in [2.75, 3.05) is 10.6 Å². The number of H-pyrrole nitrogens is 1. The number of aromatic amines is 1. The SMILES string of the molecule is CC(=O)Nc1ccc(NC(=O)Cc2ccc[nH]2)cc1. The van der Waals surface area contributed by atoms with Gasteiger partial charge in [0, 0.05) is 30.2 Å². The lowest BCUT2D eigenvalue weighted by atomic mass is 10.2. The number of hydrogen-bond donors (Lipinski definition) is 3. The Morgan fingerprint density at radius 1 is 1.05 bits per heavy atom. The van der Waals surface area contributed by atoms with E-state index in [0.717, 1.165) is 5.69 Å². The van der Waals surface area contributed by atoms with E-state index in [4.69, 9.17) is 0 Å². The minimum Gasteiger partial charge on any atom is -0.365 e. The van der Waals surface area contributed by atoms with Gasteiger partial charge in [0.15, 0.2) is 0 Å². The van der Waals surface area contributed by atoms with E-state index < -0.39 is 0 Å². The third-order valence-electron chi connectivity index (χ3n) is 2.50. The second kappa shape index (κ2) is 5.86. The number of nitrogens with one attached hydrogen (secondary N) is 3. The molecule has 98 valence electrons. The molecule has 0 saturated carbocycles. The molecule has 0 aliphatic carbocycles. The normalized spacial score (nSPS) is 9.95. The number of benzene rings is 1. The molecule has 0 bridgehead atoms. The first kappa shape index (κ1) is 12.9. The minimum absolute atomic E-state index is 0.0882. The summed E-state index contributed by atoms with van der Waals surface area (Å²) in [5.41, 5.74) is 2.27. The predicted molar refractivity (Wildman–Crippen MR) is 73.9 cm³/mol. The highest BCUT2D eigenvalue weighted by atomic mass is 16.2. The number of carbonyl (C=O) groups is 2. The fraction of sp³-hybridized carbons (Fsp3) is 0.143. The van der Waals surface area contributed by atoms with E-state index in [-0.39, 0.29) is 11.8 Å². The van der Waals surface area contributed by atoms with E-state index in [9.17, 15) is 9.59 Å². The van der Waals surface area contributed by atoms with Crippen molar-refractivity contribution in [1.82, 2.24) is 4.98 Å². The van der Waals surface area contributed by atoms with Crippen molar-refractivity contribution in [2.45, 2.75) is 13.3 Å². The Labute approximate surface area is 111 Å². The fourth-order valence-corrected chi connectivity index (χ4v) is 1.70. The Kier molecular flexibility index (Phi) is 3.97. The van der Waals surface area contributed by atoms with Crippen LogP contribution in [-0.2, 0) is 16.0 Å². The van der Waals surface area contributed by atoms with Crippen molar-refractivity contribution in [3.63, 3.8) is 0 Å². The van der Waals surface area contributed by atoms with Crippen LogP contribution >= 0.6 is 0 Å².